The van der Waals surface area contributed by atoms with Crippen molar-refractivity contribution >= 4 is 11.6 Å². The Labute approximate surface area is 103 Å². The van der Waals surface area contributed by atoms with Gasteiger partial charge in [-0.2, -0.15) is 0 Å². The molecule has 6 nitrogen and oxygen atoms in total. The summed E-state index contributed by atoms with van der Waals surface area (Å²) in [7, 11) is 4.09. The molecule has 1 aromatic rings. The van der Waals surface area contributed by atoms with Crippen molar-refractivity contribution in [3.05, 3.63) is 11.4 Å². The highest BCUT2D eigenvalue weighted by molar-refractivity contribution is 5.56. The molecule has 1 heterocycles. The third-order valence-electron chi connectivity index (χ3n) is 2.42. The average molecular weight is 238 g/mol. The minimum absolute atomic E-state index is 0.309. The van der Waals surface area contributed by atoms with E-state index in [0.29, 0.717) is 17.7 Å². The first kappa shape index (κ1) is 13.7. The number of nitrogens with zero attached hydrogens (tertiary/aromatic N) is 3. The van der Waals surface area contributed by atoms with E-state index in [9.17, 15) is 0 Å². The van der Waals surface area contributed by atoms with Crippen molar-refractivity contribution in [1.29, 1.82) is 0 Å². The number of aromatic nitrogens is 2. The van der Waals surface area contributed by atoms with Crippen LogP contribution >= 0.6 is 0 Å². The zero-order valence-corrected chi connectivity index (χ0v) is 11.2. The number of likely N-dealkylation sites (N-methyl/N-ethyl adjacent to an activating group) is 1. The highest BCUT2D eigenvalue weighted by Crippen LogP contribution is 2.19. The Bertz CT molecular complexity index is 376. The van der Waals surface area contributed by atoms with Crippen molar-refractivity contribution in [2.75, 3.05) is 31.4 Å². The van der Waals surface area contributed by atoms with Gasteiger partial charge in [-0.3, -0.25) is 0 Å². The fourth-order valence-electron chi connectivity index (χ4n) is 1.74. The van der Waals surface area contributed by atoms with Gasteiger partial charge >= 0.3 is 0 Å². The molecule has 96 valence electrons. The molecule has 17 heavy (non-hydrogen) atoms. The quantitative estimate of drug-likeness (QED) is 0.519. The molecule has 0 spiro atoms. The van der Waals surface area contributed by atoms with Crippen LogP contribution in [0.5, 0.6) is 0 Å². The topological polar surface area (TPSA) is 79.1 Å². The van der Waals surface area contributed by atoms with Crippen LogP contribution < -0.4 is 16.6 Å². The van der Waals surface area contributed by atoms with Gasteiger partial charge in [0.25, 0.3) is 0 Å². The fraction of sp³-hybridized carbons (Fsp3) is 0.636. The number of nitrogens with two attached hydrogens (primary N) is 1. The fourth-order valence-corrected chi connectivity index (χ4v) is 1.74. The van der Waals surface area contributed by atoms with Gasteiger partial charge in [0, 0.05) is 18.2 Å². The Balaban J connectivity index is 2.86. The van der Waals surface area contributed by atoms with E-state index in [2.05, 4.69) is 32.5 Å². The normalized spacial score (nSPS) is 12.6. The molecule has 0 aliphatic rings. The largest absolute Gasteiger partial charge is 0.366 e. The highest BCUT2D eigenvalue weighted by Gasteiger charge is 2.11. The van der Waals surface area contributed by atoms with Gasteiger partial charge in [0.05, 0.1) is 0 Å². The van der Waals surface area contributed by atoms with Crippen molar-refractivity contribution in [3.8, 4) is 0 Å². The second-order valence-electron chi connectivity index (χ2n) is 4.55. The molecule has 1 aromatic heterocycles. The number of nitrogens with one attached hydrogen (secondary N) is 2. The highest BCUT2D eigenvalue weighted by atomic mass is 15.3. The van der Waals surface area contributed by atoms with E-state index in [-0.39, 0.29) is 0 Å². The summed E-state index contributed by atoms with van der Waals surface area (Å²) >= 11 is 0. The van der Waals surface area contributed by atoms with E-state index in [4.69, 9.17) is 5.84 Å². The van der Waals surface area contributed by atoms with Crippen LogP contribution in [-0.2, 0) is 0 Å². The predicted octanol–water partition coefficient (Wildman–Crippen LogP) is 0.741. The van der Waals surface area contributed by atoms with Crippen LogP contribution in [0.25, 0.3) is 0 Å². The van der Waals surface area contributed by atoms with Crippen LogP contribution in [0, 0.1) is 13.8 Å². The molecule has 4 N–H and O–H groups in total. The van der Waals surface area contributed by atoms with E-state index in [1.54, 1.807) is 0 Å². The number of hydrogen-bond donors (Lipinski definition) is 3. The lowest BCUT2D eigenvalue weighted by Gasteiger charge is -2.20. The number of hydrazine groups is 1. The second kappa shape index (κ2) is 5.79. The predicted molar refractivity (Wildman–Crippen MR) is 71.0 cm³/mol. The van der Waals surface area contributed by atoms with Crippen LogP contribution in [0.1, 0.15) is 18.3 Å². The van der Waals surface area contributed by atoms with Gasteiger partial charge in [-0.15, -0.1) is 0 Å². The molecule has 1 atom stereocenters. The third-order valence-corrected chi connectivity index (χ3v) is 2.42. The lowest BCUT2D eigenvalue weighted by atomic mass is 10.2. The molecule has 0 fully saturated rings. The maximum Gasteiger partial charge on any atom is 0.148 e. The van der Waals surface area contributed by atoms with Gasteiger partial charge in [-0.25, -0.2) is 15.8 Å². The number of rotatable bonds is 5. The van der Waals surface area contributed by atoms with Gasteiger partial charge in [0.1, 0.15) is 17.5 Å². The van der Waals surface area contributed by atoms with Gasteiger partial charge in [-0.05, 0) is 34.9 Å². The van der Waals surface area contributed by atoms with Gasteiger partial charge in [0.15, 0.2) is 0 Å². The third kappa shape index (κ3) is 3.83. The van der Waals surface area contributed by atoms with Crippen LogP contribution in [-0.4, -0.2) is 41.5 Å². The monoisotopic (exact) mass is 238 g/mol. The Morgan fingerprint density at radius 1 is 1.24 bits per heavy atom. The van der Waals surface area contributed by atoms with Crippen molar-refractivity contribution < 1.29 is 0 Å². The standard InChI is InChI=1S/C11H22N6/c1-7(6-17(4)5)13-10-8(2)11(16-12)15-9(3)14-10/h7H,6,12H2,1-5H3,(H2,13,14,15,16). The van der Waals surface area contributed by atoms with Crippen molar-refractivity contribution in [2.24, 2.45) is 5.84 Å². The van der Waals surface area contributed by atoms with E-state index in [1.165, 1.54) is 0 Å². The maximum absolute atomic E-state index is 5.42. The van der Waals surface area contributed by atoms with Crippen LogP contribution in [0.4, 0.5) is 11.6 Å². The molecule has 0 aliphatic carbocycles. The first-order valence-electron chi connectivity index (χ1n) is 5.67. The Kier molecular flexibility index (Phi) is 4.65. The van der Waals surface area contributed by atoms with E-state index in [1.807, 2.05) is 27.9 Å². The number of hydrogen-bond acceptors (Lipinski definition) is 6. The molecule has 0 saturated carbocycles. The van der Waals surface area contributed by atoms with Crippen molar-refractivity contribution in [1.82, 2.24) is 14.9 Å². The molecule has 0 bridgehead atoms. The zero-order chi connectivity index (χ0) is 13.0. The molecule has 1 unspecified atom stereocenters. The molecular formula is C11H22N6. The molecule has 0 saturated heterocycles. The summed E-state index contributed by atoms with van der Waals surface area (Å²) in [5.74, 6) is 7.62. The zero-order valence-electron chi connectivity index (χ0n) is 11.2. The van der Waals surface area contributed by atoms with Crippen LogP contribution in [0.2, 0.25) is 0 Å². The van der Waals surface area contributed by atoms with Crippen LogP contribution in [0.3, 0.4) is 0 Å². The molecule has 1 rings (SSSR count). The van der Waals surface area contributed by atoms with Crippen molar-refractivity contribution in [2.45, 2.75) is 26.8 Å². The summed E-state index contributed by atoms with van der Waals surface area (Å²) in [5.41, 5.74) is 3.52. The number of anilines is 2. The summed E-state index contributed by atoms with van der Waals surface area (Å²) in [6, 6.07) is 0.309. The maximum atomic E-state index is 5.42. The molecule has 0 amide bonds. The summed E-state index contributed by atoms with van der Waals surface area (Å²) in [5, 5.41) is 3.37. The molecule has 6 heteroatoms. The Morgan fingerprint density at radius 2 is 1.82 bits per heavy atom. The van der Waals surface area contributed by atoms with Gasteiger partial charge in [0.2, 0.25) is 0 Å². The first-order chi connectivity index (χ1) is 7.93. The first-order valence-corrected chi connectivity index (χ1v) is 5.67. The summed E-state index contributed by atoms with van der Waals surface area (Å²) < 4.78 is 0. The molecular weight excluding hydrogens is 216 g/mol. The number of aryl methyl sites for hydroxylation is 1. The summed E-state index contributed by atoms with van der Waals surface area (Å²) in [6.07, 6.45) is 0. The SMILES string of the molecule is Cc1nc(NN)c(C)c(NC(C)CN(C)C)n1. The molecule has 0 radical (unpaired) electrons. The lowest BCUT2D eigenvalue weighted by molar-refractivity contribution is 0.392. The lowest BCUT2D eigenvalue weighted by Crippen LogP contribution is -2.30. The minimum atomic E-state index is 0.309. The molecule has 0 aliphatic heterocycles. The smallest absolute Gasteiger partial charge is 0.148 e. The Hall–Kier alpha value is -1.40. The second-order valence-corrected chi connectivity index (χ2v) is 4.55. The number of nitrogen functional groups attached to an aromatic ring is 1. The van der Waals surface area contributed by atoms with Gasteiger partial charge < -0.3 is 15.6 Å². The van der Waals surface area contributed by atoms with Gasteiger partial charge in [-0.1, -0.05) is 0 Å². The van der Waals surface area contributed by atoms with E-state index >= 15 is 0 Å². The molecule has 0 aromatic carbocycles. The van der Waals surface area contributed by atoms with E-state index in [0.717, 1.165) is 17.9 Å². The minimum Gasteiger partial charge on any atom is -0.366 e. The van der Waals surface area contributed by atoms with Crippen LogP contribution in [0.15, 0.2) is 0 Å². The Morgan fingerprint density at radius 3 is 2.35 bits per heavy atom. The van der Waals surface area contributed by atoms with Crippen molar-refractivity contribution in [3.63, 3.8) is 0 Å². The van der Waals surface area contributed by atoms with E-state index < -0.39 is 0 Å². The average Bonchev–Trinajstić information content (AvgIpc) is 2.21. The summed E-state index contributed by atoms with van der Waals surface area (Å²) in [4.78, 5) is 10.7. The summed E-state index contributed by atoms with van der Waals surface area (Å²) in [6.45, 7) is 6.85.